The molecular weight excluding hydrogens is 266 g/mol. The molecule has 0 aliphatic carbocycles. The molecule has 1 N–H and O–H groups in total. The molecule has 1 aliphatic heterocycles. The Hall–Kier alpha value is -2.30. The van der Waals surface area contributed by atoms with E-state index in [4.69, 9.17) is 4.74 Å². The molecule has 0 bridgehead atoms. The molecule has 0 saturated carbocycles. The molecule has 110 valence electrons. The Morgan fingerprint density at radius 2 is 2.29 bits per heavy atom. The lowest BCUT2D eigenvalue weighted by molar-refractivity contribution is 0.274. The van der Waals surface area contributed by atoms with Gasteiger partial charge in [0.1, 0.15) is 5.75 Å². The molecule has 1 aromatic heterocycles. The zero-order valence-electron chi connectivity index (χ0n) is 12.1. The highest BCUT2D eigenvalue weighted by Crippen LogP contribution is 2.33. The van der Waals surface area contributed by atoms with Gasteiger partial charge in [-0.1, -0.05) is 25.1 Å². The summed E-state index contributed by atoms with van der Waals surface area (Å²) in [7, 11) is 0. The minimum Gasteiger partial charge on any atom is -0.493 e. The quantitative estimate of drug-likeness (QED) is 0.938. The molecule has 3 rings (SSSR count). The van der Waals surface area contributed by atoms with Crippen LogP contribution in [0.5, 0.6) is 5.75 Å². The molecule has 1 unspecified atom stereocenters. The van der Waals surface area contributed by atoms with Crippen LogP contribution in [-0.4, -0.2) is 16.2 Å². The second-order valence-corrected chi connectivity index (χ2v) is 5.15. The van der Waals surface area contributed by atoms with Gasteiger partial charge in [-0.2, -0.15) is 0 Å². The van der Waals surface area contributed by atoms with Gasteiger partial charge in [-0.25, -0.2) is 4.98 Å². The third kappa shape index (κ3) is 2.77. The van der Waals surface area contributed by atoms with E-state index in [0.29, 0.717) is 19.0 Å². The van der Waals surface area contributed by atoms with Crippen LogP contribution in [0, 0.1) is 0 Å². The zero-order chi connectivity index (χ0) is 14.7. The van der Waals surface area contributed by atoms with Crippen molar-refractivity contribution in [3.8, 4) is 5.75 Å². The maximum Gasteiger partial charge on any atom is 0.293 e. The van der Waals surface area contributed by atoms with Crippen LogP contribution in [0.25, 0.3) is 0 Å². The number of benzene rings is 1. The lowest BCUT2D eigenvalue weighted by atomic mass is 10.0. The third-order valence-electron chi connectivity index (χ3n) is 3.65. The van der Waals surface area contributed by atoms with Crippen LogP contribution >= 0.6 is 0 Å². The van der Waals surface area contributed by atoms with Crippen molar-refractivity contribution in [2.75, 3.05) is 11.9 Å². The number of anilines is 1. The molecule has 5 heteroatoms. The summed E-state index contributed by atoms with van der Waals surface area (Å²) in [5.74, 6) is 1.29. The molecular formula is C16H19N3O2. The fourth-order valence-corrected chi connectivity index (χ4v) is 2.62. The molecule has 21 heavy (non-hydrogen) atoms. The van der Waals surface area contributed by atoms with Crippen molar-refractivity contribution in [1.82, 2.24) is 9.55 Å². The van der Waals surface area contributed by atoms with E-state index < -0.39 is 0 Å². The minimum absolute atomic E-state index is 0.0626. The molecule has 2 aromatic rings. The highest BCUT2D eigenvalue weighted by molar-refractivity contribution is 5.43. The highest BCUT2D eigenvalue weighted by atomic mass is 16.5. The van der Waals surface area contributed by atoms with Crippen LogP contribution in [-0.2, 0) is 6.54 Å². The first-order valence-corrected chi connectivity index (χ1v) is 7.33. The van der Waals surface area contributed by atoms with E-state index in [1.54, 1.807) is 17.0 Å². The summed E-state index contributed by atoms with van der Waals surface area (Å²) in [5, 5.41) is 3.28. The van der Waals surface area contributed by atoms with Gasteiger partial charge in [-0.3, -0.25) is 4.79 Å². The van der Waals surface area contributed by atoms with Crippen molar-refractivity contribution in [1.29, 1.82) is 0 Å². The Kier molecular flexibility index (Phi) is 3.90. The van der Waals surface area contributed by atoms with E-state index in [1.807, 2.05) is 24.3 Å². The average Bonchev–Trinajstić information content (AvgIpc) is 2.52. The SMILES string of the molecule is CCCn1ccnc(NC2CCOc3ccccc32)c1=O. The predicted octanol–water partition coefficient (Wildman–Crippen LogP) is 2.59. The van der Waals surface area contributed by atoms with E-state index in [9.17, 15) is 4.79 Å². The number of para-hydroxylation sites is 1. The van der Waals surface area contributed by atoms with Crippen LogP contribution < -0.4 is 15.6 Å². The fraction of sp³-hybridized carbons (Fsp3) is 0.375. The Morgan fingerprint density at radius 1 is 1.43 bits per heavy atom. The molecule has 0 saturated heterocycles. The van der Waals surface area contributed by atoms with Crippen LogP contribution in [0.3, 0.4) is 0 Å². The van der Waals surface area contributed by atoms with Gasteiger partial charge in [0, 0.05) is 30.9 Å². The number of nitrogens with zero attached hydrogens (tertiary/aromatic N) is 2. The molecule has 0 spiro atoms. The Morgan fingerprint density at radius 3 is 3.14 bits per heavy atom. The monoisotopic (exact) mass is 285 g/mol. The van der Waals surface area contributed by atoms with Crippen LogP contribution in [0.15, 0.2) is 41.5 Å². The van der Waals surface area contributed by atoms with Gasteiger partial charge < -0.3 is 14.6 Å². The molecule has 5 nitrogen and oxygen atoms in total. The van der Waals surface area contributed by atoms with Gasteiger partial charge in [0.15, 0.2) is 5.82 Å². The molecule has 2 heterocycles. The maximum atomic E-state index is 12.4. The Labute approximate surface area is 123 Å². The van der Waals surface area contributed by atoms with E-state index in [-0.39, 0.29) is 11.6 Å². The van der Waals surface area contributed by atoms with E-state index in [2.05, 4.69) is 17.2 Å². The van der Waals surface area contributed by atoms with Crippen molar-refractivity contribution >= 4 is 5.82 Å². The molecule has 1 aromatic carbocycles. The van der Waals surface area contributed by atoms with E-state index >= 15 is 0 Å². The summed E-state index contributed by atoms with van der Waals surface area (Å²) in [4.78, 5) is 16.6. The Bertz CT molecular complexity index is 681. The first-order valence-electron chi connectivity index (χ1n) is 7.33. The number of hydrogen-bond acceptors (Lipinski definition) is 4. The Balaban J connectivity index is 1.88. The van der Waals surface area contributed by atoms with Gasteiger partial charge in [-0.15, -0.1) is 0 Å². The van der Waals surface area contributed by atoms with E-state index in [0.717, 1.165) is 24.2 Å². The second-order valence-electron chi connectivity index (χ2n) is 5.15. The van der Waals surface area contributed by atoms with Crippen molar-refractivity contribution in [3.63, 3.8) is 0 Å². The summed E-state index contributed by atoms with van der Waals surface area (Å²) >= 11 is 0. The van der Waals surface area contributed by atoms with Gasteiger partial charge in [0.25, 0.3) is 5.56 Å². The second kappa shape index (κ2) is 5.99. The maximum absolute atomic E-state index is 12.4. The first kappa shape index (κ1) is 13.7. The predicted molar refractivity (Wildman–Crippen MR) is 81.7 cm³/mol. The molecule has 1 aliphatic rings. The van der Waals surface area contributed by atoms with E-state index in [1.165, 1.54) is 0 Å². The van der Waals surface area contributed by atoms with Crippen molar-refractivity contribution in [2.45, 2.75) is 32.4 Å². The van der Waals surface area contributed by atoms with Crippen LogP contribution in [0.4, 0.5) is 5.82 Å². The normalized spacial score (nSPS) is 16.9. The topological polar surface area (TPSA) is 56.1 Å². The first-order chi connectivity index (χ1) is 10.3. The van der Waals surface area contributed by atoms with Crippen molar-refractivity contribution < 1.29 is 4.74 Å². The molecule has 0 fully saturated rings. The lowest BCUT2D eigenvalue weighted by Crippen LogP contribution is -2.28. The van der Waals surface area contributed by atoms with Crippen LogP contribution in [0.1, 0.15) is 31.4 Å². The summed E-state index contributed by atoms with van der Waals surface area (Å²) in [6, 6.07) is 7.98. The summed E-state index contributed by atoms with van der Waals surface area (Å²) in [5.41, 5.74) is 1.01. The number of aryl methyl sites for hydroxylation is 1. The molecule has 0 amide bonds. The summed E-state index contributed by atoms with van der Waals surface area (Å²) in [6.45, 7) is 3.40. The minimum atomic E-state index is -0.0664. The van der Waals surface area contributed by atoms with Crippen molar-refractivity contribution in [2.24, 2.45) is 0 Å². The van der Waals surface area contributed by atoms with Gasteiger partial charge in [0.2, 0.25) is 0 Å². The summed E-state index contributed by atoms with van der Waals surface area (Å²) in [6.07, 6.45) is 5.14. The number of rotatable bonds is 4. The summed E-state index contributed by atoms with van der Waals surface area (Å²) < 4.78 is 7.34. The smallest absolute Gasteiger partial charge is 0.293 e. The molecule has 1 atom stereocenters. The third-order valence-corrected chi connectivity index (χ3v) is 3.65. The largest absolute Gasteiger partial charge is 0.493 e. The van der Waals surface area contributed by atoms with Gasteiger partial charge in [0.05, 0.1) is 12.6 Å². The molecule has 0 radical (unpaired) electrons. The number of nitrogens with one attached hydrogen (secondary N) is 1. The number of aromatic nitrogens is 2. The number of fused-ring (bicyclic) bond motifs is 1. The van der Waals surface area contributed by atoms with Gasteiger partial charge >= 0.3 is 0 Å². The zero-order valence-corrected chi connectivity index (χ0v) is 12.1. The van der Waals surface area contributed by atoms with Gasteiger partial charge in [-0.05, 0) is 12.5 Å². The average molecular weight is 285 g/mol. The standard InChI is InChI=1S/C16H19N3O2/c1-2-9-19-10-8-17-15(16(19)20)18-13-7-11-21-14-6-4-3-5-12(13)14/h3-6,8,10,13H,2,7,9,11H2,1H3,(H,17,18). The van der Waals surface area contributed by atoms with Crippen molar-refractivity contribution in [3.05, 3.63) is 52.6 Å². The number of ether oxygens (including phenoxy) is 1. The fourth-order valence-electron chi connectivity index (χ4n) is 2.62. The number of hydrogen-bond donors (Lipinski definition) is 1. The van der Waals surface area contributed by atoms with Crippen LogP contribution in [0.2, 0.25) is 0 Å². The lowest BCUT2D eigenvalue weighted by Gasteiger charge is -2.26. The highest BCUT2D eigenvalue weighted by Gasteiger charge is 2.22.